The largest absolute Gasteiger partial charge is 0.486 e. The molecule has 0 fully saturated rings. The van der Waals surface area contributed by atoms with Crippen LogP contribution >= 0.6 is 0 Å². The molecule has 4 heterocycles. The number of fused-ring (bicyclic) bond motifs is 2. The van der Waals surface area contributed by atoms with Gasteiger partial charge in [0.15, 0.2) is 17.1 Å². The summed E-state index contributed by atoms with van der Waals surface area (Å²) in [5.74, 6) is 1.45. The van der Waals surface area contributed by atoms with E-state index in [2.05, 4.69) is 27.0 Å². The summed E-state index contributed by atoms with van der Waals surface area (Å²) >= 11 is 0. The third-order valence-electron chi connectivity index (χ3n) is 4.58. The van der Waals surface area contributed by atoms with Crippen molar-refractivity contribution in [3.05, 3.63) is 55.0 Å². The molecule has 9 nitrogen and oxygen atoms in total. The lowest BCUT2D eigenvalue weighted by Gasteiger charge is -2.21. The molecule has 4 aromatic rings. The first-order valence-electron chi connectivity index (χ1n) is 8.82. The number of rotatable bonds is 4. The van der Waals surface area contributed by atoms with Gasteiger partial charge in [0.25, 0.3) is 0 Å². The maximum Gasteiger partial charge on any atom is 0.221 e. The second-order valence-electron chi connectivity index (χ2n) is 6.42. The van der Waals surface area contributed by atoms with Gasteiger partial charge in [-0.3, -0.25) is 4.68 Å². The van der Waals surface area contributed by atoms with Gasteiger partial charge in [-0.15, -0.1) is 11.7 Å². The third-order valence-corrected chi connectivity index (χ3v) is 4.58. The lowest BCUT2D eigenvalue weighted by atomic mass is 10.1. The Balaban J connectivity index is 1.59. The van der Waals surface area contributed by atoms with Gasteiger partial charge in [-0.1, -0.05) is 17.4 Å². The van der Waals surface area contributed by atoms with Crippen molar-refractivity contribution in [2.75, 3.05) is 13.2 Å². The quantitative estimate of drug-likeness (QED) is 0.505. The SMILES string of the molecule is C=C[C@H](c1ccc2c(c1)OCCO2)n1nnc2ncc(-c3cnn(C)c3)nc21. The Morgan fingerprint density at radius 2 is 2.04 bits per heavy atom. The molecule has 0 N–H and O–H groups in total. The van der Waals surface area contributed by atoms with Crippen LogP contribution in [0.5, 0.6) is 11.5 Å². The van der Waals surface area contributed by atoms with E-state index >= 15 is 0 Å². The minimum absolute atomic E-state index is 0.278. The molecule has 0 radical (unpaired) electrons. The van der Waals surface area contributed by atoms with Crippen molar-refractivity contribution in [2.45, 2.75) is 6.04 Å². The zero-order valence-corrected chi connectivity index (χ0v) is 15.2. The Kier molecular flexibility index (Phi) is 3.78. The maximum atomic E-state index is 5.70. The minimum Gasteiger partial charge on any atom is -0.486 e. The number of ether oxygens (including phenoxy) is 2. The fourth-order valence-corrected chi connectivity index (χ4v) is 3.23. The van der Waals surface area contributed by atoms with E-state index in [1.54, 1.807) is 27.8 Å². The topological polar surface area (TPSA) is 92.8 Å². The van der Waals surface area contributed by atoms with Gasteiger partial charge in [-0.25, -0.2) is 14.6 Å². The predicted octanol–water partition coefficient (Wildman–Crippen LogP) is 2.17. The van der Waals surface area contributed by atoms with E-state index in [-0.39, 0.29) is 6.04 Å². The van der Waals surface area contributed by atoms with Crippen LogP contribution in [-0.2, 0) is 7.05 Å². The number of allylic oxidation sites excluding steroid dienone is 1. The summed E-state index contributed by atoms with van der Waals surface area (Å²) in [4.78, 5) is 9.11. The highest BCUT2D eigenvalue weighted by Gasteiger charge is 2.20. The smallest absolute Gasteiger partial charge is 0.221 e. The molecule has 28 heavy (non-hydrogen) atoms. The van der Waals surface area contributed by atoms with Gasteiger partial charge >= 0.3 is 0 Å². The number of hydrogen-bond acceptors (Lipinski definition) is 7. The Morgan fingerprint density at radius 3 is 2.82 bits per heavy atom. The van der Waals surface area contributed by atoms with Crippen molar-refractivity contribution in [1.82, 2.24) is 34.7 Å². The van der Waals surface area contributed by atoms with E-state index in [0.29, 0.717) is 36.0 Å². The monoisotopic (exact) mass is 375 g/mol. The van der Waals surface area contributed by atoms with Crippen molar-refractivity contribution >= 4 is 11.3 Å². The van der Waals surface area contributed by atoms with E-state index in [0.717, 1.165) is 16.9 Å². The van der Waals surface area contributed by atoms with Crippen LogP contribution in [0.3, 0.4) is 0 Å². The van der Waals surface area contributed by atoms with Crippen molar-refractivity contribution in [1.29, 1.82) is 0 Å². The van der Waals surface area contributed by atoms with Crippen LogP contribution in [0, 0.1) is 0 Å². The fourth-order valence-electron chi connectivity index (χ4n) is 3.23. The summed E-state index contributed by atoms with van der Waals surface area (Å²) in [6, 6.07) is 5.52. The maximum absolute atomic E-state index is 5.70. The first-order chi connectivity index (χ1) is 13.7. The molecule has 0 amide bonds. The summed E-state index contributed by atoms with van der Waals surface area (Å²) < 4.78 is 14.7. The molecule has 1 aliphatic heterocycles. The van der Waals surface area contributed by atoms with Crippen LogP contribution < -0.4 is 9.47 Å². The zero-order valence-electron chi connectivity index (χ0n) is 15.2. The van der Waals surface area contributed by atoms with Gasteiger partial charge in [-0.2, -0.15) is 5.10 Å². The molecule has 3 aromatic heterocycles. The second-order valence-corrected chi connectivity index (χ2v) is 6.42. The lowest BCUT2D eigenvalue weighted by molar-refractivity contribution is 0.171. The summed E-state index contributed by atoms with van der Waals surface area (Å²) in [5.41, 5.74) is 3.56. The lowest BCUT2D eigenvalue weighted by Crippen LogP contribution is -2.16. The summed E-state index contributed by atoms with van der Waals surface area (Å²) in [7, 11) is 1.86. The Bertz CT molecular complexity index is 1180. The van der Waals surface area contributed by atoms with Gasteiger partial charge in [-0.05, 0) is 17.7 Å². The molecule has 1 aliphatic rings. The first kappa shape index (κ1) is 16.4. The van der Waals surface area contributed by atoms with Crippen LogP contribution in [0.15, 0.2) is 49.4 Å². The summed E-state index contributed by atoms with van der Waals surface area (Å²) in [6.45, 7) is 5.06. The van der Waals surface area contributed by atoms with E-state index < -0.39 is 0 Å². The van der Waals surface area contributed by atoms with Crippen LogP contribution in [-0.4, -0.2) is 48.0 Å². The molecule has 1 aromatic carbocycles. The summed E-state index contributed by atoms with van der Waals surface area (Å²) in [5, 5.41) is 12.6. The van der Waals surface area contributed by atoms with Gasteiger partial charge in [0, 0.05) is 18.8 Å². The van der Waals surface area contributed by atoms with Crippen molar-refractivity contribution in [2.24, 2.45) is 7.05 Å². The highest BCUT2D eigenvalue weighted by Crippen LogP contribution is 2.34. The highest BCUT2D eigenvalue weighted by molar-refractivity contribution is 5.70. The standard InChI is InChI=1S/C19H17N7O2/c1-3-15(12-4-5-16-17(8-12)28-7-6-27-16)26-19-18(23-24-26)20-10-14(22-19)13-9-21-25(2)11-13/h3-5,8-11,15H,1,6-7H2,2H3/t15-/m1/s1. The third kappa shape index (κ3) is 2.68. The zero-order chi connectivity index (χ0) is 19.1. The first-order valence-corrected chi connectivity index (χ1v) is 8.82. The van der Waals surface area contributed by atoms with E-state index in [1.165, 1.54) is 0 Å². The molecule has 0 spiro atoms. The van der Waals surface area contributed by atoms with Crippen molar-refractivity contribution in [3.8, 4) is 22.8 Å². The predicted molar refractivity (Wildman–Crippen MR) is 101 cm³/mol. The molecule has 0 saturated heterocycles. The van der Waals surface area contributed by atoms with Gasteiger partial charge in [0.05, 0.1) is 24.1 Å². The Morgan fingerprint density at radius 1 is 1.18 bits per heavy atom. The molecular weight excluding hydrogens is 358 g/mol. The number of aryl methyl sites for hydroxylation is 1. The molecule has 1 atom stereocenters. The van der Waals surface area contributed by atoms with Crippen LogP contribution in [0.2, 0.25) is 0 Å². The molecular formula is C19H17N7O2. The van der Waals surface area contributed by atoms with E-state index in [4.69, 9.17) is 14.5 Å². The molecule has 5 rings (SSSR count). The molecule has 0 aliphatic carbocycles. The minimum atomic E-state index is -0.278. The number of aromatic nitrogens is 7. The molecule has 0 unspecified atom stereocenters. The summed E-state index contributed by atoms with van der Waals surface area (Å²) in [6.07, 6.45) is 7.09. The van der Waals surface area contributed by atoms with Gasteiger partial charge in [0.2, 0.25) is 5.65 Å². The van der Waals surface area contributed by atoms with Gasteiger partial charge in [0.1, 0.15) is 13.2 Å². The highest BCUT2D eigenvalue weighted by atomic mass is 16.6. The Hall–Kier alpha value is -3.75. The number of nitrogens with zero attached hydrogens (tertiary/aromatic N) is 7. The van der Waals surface area contributed by atoms with Crippen LogP contribution in [0.4, 0.5) is 0 Å². The van der Waals surface area contributed by atoms with Crippen LogP contribution in [0.1, 0.15) is 11.6 Å². The van der Waals surface area contributed by atoms with Crippen molar-refractivity contribution in [3.63, 3.8) is 0 Å². The molecule has 0 bridgehead atoms. The van der Waals surface area contributed by atoms with Crippen LogP contribution in [0.25, 0.3) is 22.6 Å². The second kappa shape index (κ2) is 6.45. The Labute approximate surface area is 160 Å². The van der Waals surface area contributed by atoms with Gasteiger partial charge < -0.3 is 9.47 Å². The molecule has 140 valence electrons. The molecule has 9 heteroatoms. The molecule has 0 saturated carbocycles. The fraction of sp³-hybridized carbons (Fsp3) is 0.211. The normalized spacial score (nSPS) is 14.2. The van der Waals surface area contributed by atoms with E-state index in [1.807, 2.05) is 31.4 Å². The number of benzene rings is 1. The average molecular weight is 375 g/mol. The van der Waals surface area contributed by atoms with E-state index in [9.17, 15) is 0 Å². The number of hydrogen-bond donors (Lipinski definition) is 0. The average Bonchev–Trinajstić information content (AvgIpc) is 3.35. The van der Waals surface area contributed by atoms with Crippen molar-refractivity contribution < 1.29 is 9.47 Å².